The van der Waals surface area contributed by atoms with Gasteiger partial charge in [-0.3, -0.25) is 0 Å². The minimum absolute atomic E-state index is 0.0289. The topological polar surface area (TPSA) is 64.1 Å². The van der Waals surface area contributed by atoms with Crippen LogP contribution in [0.25, 0.3) is 10.2 Å². The average Bonchev–Trinajstić information content (AvgIpc) is 2.90. The highest BCUT2D eigenvalue weighted by Crippen LogP contribution is 2.40. The van der Waals surface area contributed by atoms with Crippen LogP contribution >= 0.6 is 11.3 Å². The molecule has 1 N–H and O–H groups in total. The molecule has 5 nitrogen and oxygen atoms in total. The number of thiophene rings is 1. The molecule has 0 amide bonds. The Balaban J connectivity index is 1.94. The standard InChI is InChI=1S/C17H20F3N3O2S/c1-8-12-14(23-11-6-4-5-10(7-11)17(18,19)20)21-9(2)22-15(12)26-13(8)16(24)25-3/h10-11H,4-7H2,1-3H3,(H,21,22,23)/t10-,11-/m1/s1. The Morgan fingerprint density at radius 3 is 2.65 bits per heavy atom. The molecule has 1 fully saturated rings. The highest BCUT2D eigenvalue weighted by Gasteiger charge is 2.42. The number of alkyl halides is 3. The van der Waals surface area contributed by atoms with Gasteiger partial charge < -0.3 is 10.1 Å². The third kappa shape index (κ3) is 3.62. The number of carbonyl (C=O) groups excluding carboxylic acids is 1. The van der Waals surface area contributed by atoms with Crippen molar-refractivity contribution in [2.24, 2.45) is 5.92 Å². The minimum Gasteiger partial charge on any atom is -0.465 e. The number of carbonyl (C=O) groups is 1. The van der Waals surface area contributed by atoms with Gasteiger partial charge in [-0.25, -0.2) is 14.8 Å². The number of ether oxygens (including phenoxy) is 1. The highest BCUT2D eigenvalue weighted by atomic mass is 32.1. The molecule has 0 saturated heterocycles. The summed E-state index contributed by atoms with van der Waals surface area (Å²) in [5.74, 6) is -0.754. The number of esters is 1. The summed E-state index contributed by atoms with van der Waals surface area (Å²) in [5.41, 5.74) is 0.683. The van der Waals surface area contributed by atoms with Gasteiger partial charge in [-0.15, -0.1) is 11.3 Å². The van der Waals surface area contributed by atoms with Gasteiger partial charge in [-0.2, -0.15) is 13.2 Å². The van der Waals surface area contributed by atoms with Crippen LogP contribution in [0.3, 0.4) is 0 Å². The summed E-state index contributed by atoms with van der Waals surface area (Å²) in [7, 11) is 1.31. The van der Waals surface area contributed by atoms with E-state index in [9.17, 15) is 18.0 Å². The lowest BCUT2D eigenvalue weighted by molar-refractivity contribution is -0.182. The SMILES string of the molecule is COC(=O)c1sc2nc(C)nc(N[C@@H]3CCC[C@@H](C(F)(F)F)C3)c2c1C. The highest BCUT2D eigenvalue weighted by molar-refractivity contribution is 7.20. The number of fused-ring (bicyclic) bond motifs is 1. The molecular weight excluding hydrogens is 367 g/mol. The van der Waals surface area contributed by atoms with E-state index in [4.69, 9.17) is 4.74 Å². The molecular formula is C17H20F3N3O2S. The van der Waals surface area contributed by atoms with Crippen LogP contribution in [0.4, 0.5) is 19.0 Å². The zero-order valence-electron chi connectivity index (χ0n) is 14.7. The fraction of sp³-hybridized carbons (Fsp3) is 0.588. The molecule has 142 valence electrons. The number of nitrogens with zero attached hydrogens (tertiary/aromatic N) is 2. The van der Waals surface area contributed by atoms with Gasteiger partial charge in [0, 0.05) is 6.04 Å². The molecule has 0 spiro atoms. The van der Waals surface area contributed by atoms with Crippen molar-refractivity contribution >= 4 is 33.3 Å². The molecule has 2 atom stereocenters. The maximum Gasteiger partial charge on any atom is 0.391 e. The maximum absolute atomic E-state index is 13.1. The molecule has 2 aromatic rings. The van der Waals surface area contributed by atoms with Crippen molar-refractivity contribution in [3.63, 3.8) is 0 Å². The molecule has 0 unspecified atom stereocenters. The quantitative estimate of drug-likeness (QED) is 0.778. The lowest BCUT2D eigenvalue weighted by atomic mass is 9.85. The fourth-order valence-corrected chi connectivity index (χ4v) is 4.59. The molecule has 0 aromatic carbocycles. The van der Waals surface area contributed by atoms with E-state index in [0.717, 1.165) is 0 Å². The Labute approximate surface area is 153 Å². The van der Waals surface area contributed by atoms with Crippen molar-refractivity contribution in [3.05, 3.63) is 16.3 Å². The third-order valence-corrected chi connectivity index (χ3v) is 5.92. The Morgan fingerprint density at radius 1 is 1.27 bits per heavy atom. The van der Waals surface area contributed by atoms with E-state index in [2.05, 4.69) is 15.3 Å². The summed E-state index contributed by atoms with van der Waals surface area (Å²) in [4.78, 5) is 21.8. The molecule has 9 heteroatoms. The van der Waals surface area contributed by atoms with Crippen LogP contribution in [0.5, 0.6) is 0 Å². The number of rotatable bonds is 3. The summed E-state index contributed by atoms with van der Waals surface area (Å²) < 4.78 is 44.0. The molecule has 0 bridgehead atoms. The normalized spacial score (nSPS) is 21.0. The summed E-state index contributed by atoms with van der Waals surface area (Å²) in [5, 5.41) is 3.86. The first-order chi connectivity index (χ1) is 12.2. The van der Waals surface area contributed by atoms with Crippen molar-refractivity contribution in [2.75, 3.05) is 12.4 Å². The van der Waals surface area contributed by atoms with Crippen molar-refractivity contribution in [1.82, 2.24) is 9.97 Å². The Hall–Kier alpha value is -1.90. The maximum atomic E-state index is 13.1. The molecule has 1 aliphatic carbocycles. The predicted octanol–water partition coefficient (Wildman–Crippen LogP) is 4.63. The molecule has 0 aliphatic heterocycles. The molecule has 3 rings (SSSR count). The first-order valence-corrected chi connectivity index (χ1v) is 9.21. The van der Waals surface area contributed by atoms with Crippen LogP contribution in [-0.2, 0) is 4.74 Å². The smallest absolute Gasteiger partial charge is 0.391 e. The van der Waals surface area contributed by atoms with E-state index in [1.54, 1.807) is 13.8 Å². The molecule has 2 heterocycles. The van der Waals surface area contributed by atoms with Gasteiger partial charge in [0.15, 0.2) is 0 Å². The third-order valence-electron chi connectivity index (χ3n) is 4.75. The van der Waals surface area contributed by atoms with Gasteiger partial charge in [-0.1, -0.05) is 6.42 Å². The van der Waals surface area contributed by atoms with Crippen LogP contribution in [0.1, 0.15) is 46.7 Å². The lowest BCUT2D eigenvalue weighted by Gasteiger charge is -2.31. The van der Waals surface area contributed by atoms with Crippen LogP contribution in [0.15, 0.2) is 0 Å². The van der Waals surface area contributed by atoms with Gasteiger partial charge in [-0.05, 0) is 38.7 Å². The van der Waals surface area contributed by atoms with E-state index < -0.39 is 18.1 Å². The largest absolute Gasteiger partial charge is 0.465 e. The van der Waals surface area contributed by atoms with Crippen molar-refractivity contribution in [2.45, 2.75) is 51.7 Å². The second kappa shape index (κ2) is 7.02. The predicted molar refractivity (Wildman–Crippen MR) is 93.7 cm³/mol. The molecule has 1 aliphatic rings. The number of aromatic nitrogens is 2. The second-order valence-electron chi connectivity index (χ2n) is 6.59. The van der Waals surface area contributed by atoms with Gasteiger partial charge in [0.1, 0.15) is 21.3 Å². The zero-order chi connectivity index (χ0) is 19.1. The lowest BCUT2D eigenvalue weighted by Crippen LogP contribution is -2.34. The first-order valence-electron chi connectivity index (χ1n) is 8.40. The van der Waals surface area contributed by atoms with E-state index in [1.807, 2.05) is 0 Å². The van der Waals surface area contributed by atoms with Crippen LogP contribution in [0, 0.1) is 19.8 Å². The molecule has 0 radical (unpaired) electrons. The fourth-order valence-electron chi connectivity index (χ4n) is 3.45. The van der Waals surface area contributed by atoms with Crippen molar-refractivity contribution in [3.8, 4) is 0 Å². The van der Waals surface area contributed by atoms with E-state index in [-0.39, 0.29) is 18.9 Å². The number of anilines is 1. The number of methoxy groups -OCH3 is 1. The van der Waals surface area contributed by atoms with Crippen LogP contribution < -0.4 is 5.32 Å². The van der Waals surface area contributed by atoms with E-state index >= 15 is 0 Å². The number of aryl methyl sites for hydroxylation is 2. The van der Waals surface area contributed by atoms with E-state index in [0.29, 0.717) is 45.1 Å². The van der Waals surface area contributed by atoms with Crippen molar-refractivity contribution < 1.29 is 22.7 Å². The Bertz CT molecular complexity index is 835. The molecule has 1 saturated carbocycles. The van der Waals surface area contributed by atoms with E-state index in [1.165, 1.54) is 18.4 Å². The van der Waals surface area contributed by atoms with Crippen molar-refractivity contribution in [1.29, 1.82) is 0 Å². The minimum atomic E-state index is -4.17. The number of nitrogens with one attached hydrogen (secondary N) is 1. The monoisotopic (exact) mass is 387 g/mol. The Kier molecular flexibility index (Phi) is 5.09. The Morgan fingerprint density at radius 2 is 2.00 bits per heavy atom. The number of hydrogen-bond donors (Lipinski definition) is 1. The summed E-state index contributed by atoms with van der Waals surface area (Å²) in [6.45, 7) is 3.49. The van der Waals surface area contributed by atoms with Crippen LogP contribution in [-0.4, -0.2) is 35.3 Å². The molecule has 26 heavy (non-hydrogen) atoms. The van der Waals surface area contributed by atoms with Gasteiger partial charge in [0.2, 0.25) is 0 Å². The summed E-state index contributed by atoms with van der Waals surface area (Å²) >= 11 is 1.21. The van der Waals surface area contributed by atoms with Gasteiger partial charge in [0.25, 0.3) is 0 Å². The van der Waals surface area contributed by atoms with Gasteiger partial charge >= 0.3 is 12.1 Å². The second-order valence-corrected chi connectivity index (χ2v) is 7.59. The zero-order valence-corrected chi connectivity index (χ0v) is 15.6. The summed E-state index contributed by atoms with van der Waals surface area (Å²) in [6, 6.07) is -0.311. The summed E-state index contributed by atoms with van der Waals surface area (Å²) in [6.07, 6.45) is -2.80. The number of hydrogen-bond acceptors (Lipinski definition) is 6. The first kappa shape index (κ1) is 18.9. The van der Waals surface area contributed by atoms with Gasteiger partial charge in [0.05, 0.1) is 18.4 Å². The van der Waals surface area contributed by atoms with Crippen LogP contribution in [0.2, 0.25) is 0 Å². The number of halogens is 3. The molecule has 2 aromatic heterocycles. The average molecular weight is 387 g/mol.